The van der Waals surface area contributed by atoms with Crippen molar-refractivity contribution in [2.45, 2.75) is 25.9 Å². The van der Waals surface area contributed by atoms with Crippen molar-refractivity contribution in [3.8, 4) is 0 Å². The van der Waals surface area contributed by atoms with E-state index in [4.69, 9.17) is 0 Å². The number of carbonyl (C=O) groups is 1. The number of benzene rings is 1. The van der Waals surface area contributed by atoms with Crippen molar-refractivity contribution in [3.63, 3.8) is 0 Å². The smallest absolute Gasteiger partial charge is 0.368 e. The highest BCUT2D eigenvalue weighted by Gasteiger charge is 2.26. The van der Waals surface area contributed by atoms with Crippen molar-refractivity contribution in [3.05, 3.63) is 30.1 Å². The van der Waals surface area contributed by atoms with Crippen molar-refractivity contribution in [2.24, 2.45) is 4.99 Å². The average molecular weight is 417 g/mol. The standard InChI is InChI=1S/C19H27F4N5O/c1-2-24-18(26-10-8-19(21,22)23)25-9-7-17(29)28-13-11-27(12-14-28)16-5-3-15(20)4-6-16/h3-6H,2,7-14H2,1H3,(H2,24,25,26). The number of carbonyl (C=O) groups excluding carboxylic acids is 1. The fraction of sp³-hybridized carbons (Fsp3) is 0.579. The molecule has 0 aromatic heterocycles. The van der Waals surface area contributed by atoms with Crippen LogP contribution >= 0.6 is 0 Å². The van der Waals surface area contributed by atoms with Crippen molar-refractivity contribution in [2.75, 3.05) is 50.7 Å². The van der Waals surface area contributed by atoms with Gasteiger partial charge in [0, 0.05) is 51.4 Å². The number of halogens is 4. The lowest BCUT2D eigenvalue weighted by molar-refractivity contribution is -0.132. The summed E-state index contributed by atoms with van der Waals surface area (Å²) < 4.78 is 49.7. The maximum atomic E-state index is 13.0. The van der Waals surface area contributed by atoms with Crippen LogP contribution in [0.15, 0.2) is 29.3 Å². The normalized spacial score (nSPS) is 15.4. The predicted molar refractivity (Wildman–Crippen MR) is 104 cm³/mol. The molecule has 6 nitrogen and oxygen atoms in total. The number of aliphatic imine (C=N–C) groups is 1. The Morgan fingerprint density at radius 1 is 1.10 bits per heavy atom. The molecule has 162 valence electrons. The molecule has 0 unspecified atom stereocenters. The SMILES string of the molecule is CCNC(=NCCC(F)(F)F)NCCC(=O)N1CCN(c2ccc(F)cc2)CC1. The zero-order valence-electron chi connectivity index (χ0n) is 16.4. The van der Waals surface area contributed by atoms with E-state index in [-0.39, 0.29) is 37.2 Å². The van der Waals surface area contributed by atoms with E-state index in [1.54, 1.807) is 17.0 Å². The Balaban J connectivity index is 1.73. The summed E-state index contributed by atoms with van der Waals surface area (Å²) in [5.41, 5.74) is 0.922. The number of nitrogens with one attached hydrogen (secondary N) is 2. The second kappa shape index (κ2) is 10.9. The number of anilines is 1. The van der Waals surface area contributed by atoms with Crippen LogP contribution in [0.5, 0.6) is 0 Å². The zero-order valence-corrected chi connectivity index (χ0v) is 16.4. The summed E-state index contributed by atoms with van der Waals surface area (Å²) in [6.07, 6.45) is -5.01. The minimum atomic E-state index is -4.24. The van der Waals surface area contributed by atoms with Crippen molar-refractivity contribution >= 4 is 17.6 Å². The largest absolute Gasteiger partial charge is 0.390 e. The molecule has 1 saturated heterocycles. The third-order valence-corrected chi connectivity index (χ3v) is 4.46. The Bertz CT molecular complexity index is 670. The summed E-state index contributed by atoms with van der Waals surface area (Å²) in [6.45, 7) is 4.70. The Labute approximate surface area is 168 Å². The van der Waals surface area contributed by atoms with Gasteiger partial charge < -0.3 is 20.4 Å². The minimum absolute atomic E-state index is 0.0256. The first-order valence-electron chi connectivity index (χ1n) is 9.65. The van der Waals surface area contributed by atoms with Gasteiger partial charge in [0.25, 0.3) is 0 Å². The molecule has 1 aromatic carbocycles. The molecule has 0 radical (unpaired) electrons. The molecule has 0 aliphatic carbocycles. The molecular formula is C19H27F4N5O. The van der Waals surface area contributed by atoms with Gasteiger partial charge in [0.15, 0.2) is 5.96 Å². The van der Waals surface area contributed by atoms with Gasteiger partial charge in [-0.05, 0) is 31.2 Å². The van der Waals surface area contributed by atoms with Gasteiger partial charge in [0.05, 0.1) is 13.0 Å². The summed E-state index contributed by atoms with van der Waals surface area (Å²) in [5, 5.41) is 5.76. The molecule has 1 aliphatic heterocycles. The van der Waals surface area contributed by atoms with Gasteiger partial charge in [-0.3, -0.25) is 9.79 Å². The highest BCUT2D eigenvalue weighted by molar-refractivity contribution is 5.81. The van der Waals surface area contributed by atoms with E-state index in [9.17, 15) is 22.4 Å². The number of hydrogen-bond donors (Lipinski definition) is 2. The van der Waals surface area contributed by atoms with Crippen molar-refractivity contribution < 1.29 is 22.4 Å². The van der Waals surface area contributed by atoms with E-state index < -0.39 is 12.6 Å². The van der Waals surface area contributed by atoms with Crippen LogP contribution in [-0.4, -0.2) is 68.8 Å². The Morgan fingerprint density at radius 3 is 2.34 bits per heavy atom. The summed E-state index contributed by atoms with van der Waals surface area (Å²) in [5.74, 6) is -0.0398. The van der Waals surface area contributed by atoms with Crippen molar-refractivity contribution in [1.82, 2.24) is 15.5 Å². The number of hydrogen-bond acceptors (Lipinski definition) is 3. The quantitative estimate of drug-likeness (QED) is 0.406. The fourth-order valence-corrected chi connectivity index (χ4v) is 2.95. The molecule has 1 amide bonds. The Kier molecular flexibility index (Phi) is 8.53. The third-order valence-electron chi connectivity index (χ3n) is 4.46. The zero-order chi connectivity index (χ0) is 21.3. The van der Waals surface area contributed by atoms with Gasteiger partial charge in [-0.2, -0.15) is 13.2 Å². The maximum absolute atomic E-state index is 13.0. The molecule has 1 aliphatic rings. The molecule has 1 aromatic rings. The molecular weight excluding hydrogens is 390 g/mol. The lowest BCUT2D eigenvalue weighted by Gasteiger charge is -2.36. The molecule has 10 heteroatoms. The highest BCUT2D eigenvalue weighted by Crippen LogP contribution is 2.19. The second-order valence-corrected chi connectivity index (χ2v) is 6.65. The lowest BCUT2D eigenvalue weighted by Crippen LogP contribution is -2.49. The van der Waals surface area contributed by atoms with Crippen LogP contribution in [-0.2, 0) is 4.79 Å². The van der Waals surface area contributed by atoms with Crippen LogP contribution in [0, 0.1) is 5.82 Å². The van der Waals surface area contributed by atoms with Gasteiger partial charge >= 0.3 is 6.18 Å². The molecule has 2 N–H and O–H groups in total. The maximum Gasteiger partial charge on any atom is 0.390 e. The van der Waals surface area contributed by atoms with Crippen LogP contribution in [0.2, 0.25) is 0 Å². The van der Waals surface area contributed by atoms with Gasteiger partial charge in [0.2, 0.25) is 5.91 Å². The first-order valence-corrected chi connectivity index (χ1v) is 9.65. The monoisotopic (exact) mass is 417 g/mol. The number of nitrogens with zero attached hydrogens (tertiary/aromatic N) is 3. The summed E-state index contributed by atoms with van der Waals surface area (Å²) in [7, 11) is 0. The van der Waals surface area contributed by atoms with E-state index in [0.717, 1.165) is 5.69 Å². The molecule has 0 bridgehead atoms. The highest BCUT2D eigenvalue weighted by atomic mass is 19.4. The molecule has 1 fully saturated rings. The van der Waals surface area contributed by atoms with Crippen LogP contribution in [0.3, 0.4) is 0 Å². The number of piperazine rings is 1. The van der Waals surface area contributed by atoms with Crippen molar-refractivity contribution in [1.29, 1.82) is 0 Å². The lowest BCUT2D eigenvalue weighted by atomic mass is 10.2. The van der Waals surface area contributed by atoms with E-state index in [0.29, 0.717) is 32.7 Å². The molecule has 0 saturated carbocycles. The predicted octanol–water partition coefficient (Wildman–Crippen LogP) is 2.37. The van der Waals surface area contributed by atoms with Crippen LogP contribution in [0.1, 0.15) is 19.8 Å². The molecule has 0 spiro atoms. The topological polar surface area (TPSA) is 60.0 Å². The first-order chi connectivity index (χ1) is 13.8. The van der Waals surface area contributed by atoms with E-state index >= 15 is 0 Å². The molecule has 2 rings (SSSR count). The third kappa shape index (κ3) is 8.16. The minimum Gasteiger partial charge on any atom is -0.368 e. The van der Waals surface area contributed by atoms with Gasteiger partial charge in [-0.25, -0.2) is 4.39 Å². The van der Waals surface area contributed by atoms with E-state index in [1.807, 2.05) is 6.92 Å². The summed E-state index contributed by atoms with van der Waals surface area (Å²) >= 11 is 0. The van der Waals surface area contributed by atoms with E-state index in [2.05, 4.69) is 20.5 Å². The average Bonchev–Trinajstić information content (AvgIpc) is 2.67. The number of alkyl halides is 3. The second-order valence-electron chi connectivity index (χ2n) is 6.65. The van der Waals surface area contributed by atoms with Gasteiger partial charge in [0.1, 0.15) is 5.82 Å². The van der Waals surface area contributed by atoms with Crippen LogP contribution < -0.4 is 15.5 Å². The molecule has 29 heavy (non-hydrogen) atoms. The van der Waals surface area contributed by atoms with Crippen LogP contribution in [0.4, 0.5) is 23.2 Å². The van der Waals surface area contributed by atoms with Gasteiger partial charge in [-0.15, -0.1) is 0 Å². The van der Waals surface area contributed by atoms with Crippen LogP contribution in [0.25, 0.3) is 0 Å². The Hall–Kier alpha value is -2.52. The molecule has 1 heterocycles. The summed E-state index contributed by atoms with van der Waals surface area (Å²) in [4.78, 5) is 20.1. The summed E-state index contributed by atoms with van der Waals surface area (Å²) in [6, 6.07) is 6.27. The fourth-order valence-electron chi connectivity index (χ4n) is 2.95. The van der Waals surface area contributed by atoms with Gasteiger partial charge in [-0.1, -0.05) is 0 Å². The number of rotatable bonds is 7. The number of amides is 1. The first kappa shape index (κ1) is 22.8. The Morgan fingerprint density at radius 2 is 1.76 bits per heavy atom. The number of guanidine groups is 1. The van der Waals surface area contributed by atoms with E-state index in [1.165, 1.54) is 12.1 Å². The molecule has 0 atom stereocenters.